The maximum Gasteiger partial charge on any atom is 0.414 e. The summed E-state index contributed by atoms with van der Waals surface area (Å²) in [5, 5.41) is 42.4. The smallest absolute Gasteiger partial charge is 0.382 e. The van der Waals surface area contributed by atoms with E-state index in [1.165, 1.54) is 0 Å². The zero-order valence-electron chi connectivity index (χ0n) is 21.7. The van der Waals surface area contributed by atoms with E-state index < -0.39 is 5.69 Å². The van der Waals surface area contributed by atoms with Gasteiger partial charge < -0.3 is 26.1 Å². The van der Waals surface area contributed by atoms with Crippen LogP contribution in [0.4, 0.5) is 46.5 Å². The standard InChI is InChI=1S/C21H13N21O/c1-7-11(35-37-17-28-9(5-22)10(6-23)29-17)13(24)41(39-7)19-32-20(34-21(43)33-19)42-14(25)12(8(2)40-42)36-38-18-30-15(26-3)16(27-4)31-18/h24-25H2,1-2H3,(H,28,29)(H,30,31)(H,32,33,34,43). The number of nitrogens with two attached hydrogens (primary N) is 2. The molecule has 0 saturated carbocycles. The average molecular weight is 575 g/mol. The number of H-pyrrole nitrogens is 3. The van der Waals surface area contributed by atoms with Gasteiger partial charge in [-0.3, -0.25) is 9.97 Å². The lowest BCUT2D eigenvalue weighted by Gasteiger charge is -2.05. The number of aromatic nitrogens is 11. The van der Waals surface area contributed by atoms with Crippen molar-refractivity contribution in [2.45, 2.75) is 13.8 Å². The Morgan fingerprint density at radius 2 is 1.44 bits per heavy atom. The van der Waals surface area contributed by atoms with Gasteiger partial charge in [0.25, 0.3) is 17.6 Å². The summed E-state index contributed by atoms with van der Waals surface area (Å²) in [6.45, 7) is 17.3. The minimum absolute atomic E-state index is 0.0741. The van der Waals surface area contributed by atoms with Gasteiger partial charge in [0.05, 0.1) is 11.4 Å². The largest absolute Gasteiger partial charge is 0.414 e. The molecule has 0 radical (unpaired) electrons. The Kier molecular flexibility index (Phi) is 6.61. The second kappa shape index (κ2) is 10.5. The highest BCUT2D eigenvalue weighted by Crippen LogP contribution is 2.33. The topological polar surface area (TPSA) is 309 Å². The number of nitrogens with one attached hydrogen (secondary N) is 3. The third-order valence-corrected chi connectivity index (χ3v) is 5.41. The van der Waals surface area contributed by atoms with Crippen molar-refractivity contribution in [3.63, 3.8) is 0 Å². The Balaban J connectivity index is 1.49. The van der Waals surface area contributed by atoms with Gasteiger partial charge in [0, 0.05) is 0 Å². The van der Waals surface area contributed by atoms with Gasteiger partial charge in [-0.25, -0.2) is 4.79 Å². The Bertz CT molecular complexity index is 1990. The number of nitrogens with zero attached hydrogens (tertiary/aromatic N) is 16. The fraction of sp³-hybridized carbons (Fsp3) is 0.0952. The molecule has 7 N–H and O–H groups in total. The van der Waals surface area contributed by atoms with E-state index in [2.05, 4.69) is 75.2 Å². The molecule has 5 aromatic rings. The van der Waals surface area contributed by atoms with Crippen molar-refractivity contribution in [3.8, 4) is 24.0 Å². The highest BCUT2D eigenvalue weighted by molar-refractivity contribution is 5.66. The SMILES string of the molecule is [C-]#[N+]c1nc(N=Nc2c(C)nn(-c3nc(-n4nc(C)c(N=Nc5nc(C#N)c(C#N)[nH]5)c4N)nc(=O)[nH]3)c2N)[nH]c1[N+]#[C-]. The van der Waals surface area contributed by atoms with Crippen LogP contribution in [0, 0.1) is 49.7 Å². The molecule has 0 saturated heterocycles. The Hall–Kier alpha value is -7.59. The molecule has 5 rings (SSSR count). The number of hydrogen-bond donors (Lipinski definition) is 5. The van der Waals surface area contributed by atoms with E-state index in [1.807, 2.05) is 0 Å². The van der Waals surface area contributed by atoms with E-state index in [0.29, 0.717) is 5.69 Å². The lowest BCUT2D eigenvalue weighted by Crippen LogP contribution is -2.22. The van der Waals surface area contributed by atoms with Gasteiger partial charge in [-0.05, 0) is 13.8 Å². The van der Waals surface area contributed by atoms with Crippen molar-refractivity contribution in [1.82, 2.24) is 54.4 Å². The molecule has 43 heavy (non-hydrogen) atoms. The maximum atomic E-state index is 12.5. The van der Waals surface area contributed by atoms with Crippen LogP contribution in [0.3, 0.4) is 0 Å². The number of imidazole rings is 2. The van der Waals surface area contributed by atoms with Crippen molar-refractivity contribution in [1.29, 1.82) is 10.5 Å². The average Bonchev–Trinajstić information content (AvgIpc) is 3.74. The molecule has 0 fully saturated rings. The molecule has 5 aromatic heterocycles. The molecule has 208 valence electrons. The van der Waals surface area contributed by atoms with E-state index in [9.17, 15) is 4.79 Å². The minimum atomic E-state index is -0.843. The molecule has 0 aliphatic carbocycles. The Morgan fingerprint density at radius 1 is 0.814 bits per heavy atom. The summed E-state index contributed by atoms with van der Waals surface area (Å²) in [5.74, 6) is -1.05. The highest BCUT2D eigenvalue weighted by atomic mass is 16.1. The van der Waals surface area contributed by atoms with Crippen LogP contribution in [0.5, 0.6) is 0 Å². The van der Waals surface area contributed by atoms with Crippen LogP contribution in [0.1, 0.15) is 22.8 Å². The number of nitriles is 2. The van der Waals surface area contributed by atoms with Crippen molar-refractivity contribution < 1.29 is 0 Å². The number of rotatable bonds is 6. The number of aromatic amines is 3. The monoisotopic (exact) mass is 575 g/mol. The highest BCUT2D eigenvalue weighted by Gasteiger charge is 2.21. The summed E-state index contributed by atoms with van der Waals surface area (Å²) >= 11 is 0. The normalized spacial score (nSPS) is 11.0. The molecule has 22 heteroatoms. The van der Waals surface area contributed by atoms with Crippen LogP contribution in [0.25, 0.3) is 21.6 Å². The molecule has 0 bridgehead atoms. The van der Waals surface area contributed by atoms with Crippen molar-refractivity contribution in [2.75, 3.05) is 11.5 Å². The van der Waals surface area contributed by atoms with Crippen molar-refractivity contribution in [2.24, 2.45) is 20.5 Å². The molecule has 0 atom stereocenters. The summed E-state index contributed by atoms with van der Waals surface area (Å²) < 4.78 is 2.12. The first-order valence-corrected chi connectivity index (χ1v) is 11.4. The number of azo groups is 2. The zero-order valence-corrected chi connectivity index (χ0v) is 21.7. The van der Waals surface area contributed by atoms with Crippen LogP contribution in [-0.4, -0.2) is 54.4 Å². The molecule has 22 nitrogen and oxygen atoms in total. The molecule has 0 aliphatic heterocycles. The predicted molar refractivity (Wildman–Crippen MR) is 143 cm³/mol. The first kappa shape index (κ1) is 27.0. The van der Waals surface area contributed by atoms with Crippen LogP contribution in [0.15, 0.2) is 25.3 Å². The number of aryl methyl sites for hydroxylation is 2. The number of hydrogen-bond acceptors (Lipinski definition) is 15. The third-order valence-electron chi connectivity index (χ3n) is 5.41. The van der Waals surface area contributed by atoms with Gasteiger partial charge in [-0.2, -0.15) is 45.0 Å². The molecular weight excluding hydrogens is 562 g/mol. The summed E-state index contributed by atoms with van der Waals surface area (Å²) in [6.07, 6.45) is 0. The lowest BCUT2D eigenvalue weighted by molar-refractivity contribution is 0.732. The third kappa shape index (κ3) is 4.84. The van der Waals surface area contributed by atoms with E-state index in [-0.39, 0.29) is 75.5 Å². The van der Waals surface area contributed by atoms with Gasteiger partial charge in [0.2, 0.25) is 11.9 Å². The summed E-state index contributed by atoms with van der Waals surface area (Å²) in [6, 6.07) is 3.55. The van der Waals surface area contributed by atoms with E-state index in [4.69, 9.17) is 35.1 Å². The molecular formula is C21H13N21O. The fourth-order valence-electron chi connectivity index (χ4n) is 3.50. The van der Waals surface area contributed by atoms with E-state index in [0.717, 1.165) is 9.36 Å². The van der Waals surface area contributed by atoms with Crippen LogP contribution < -0.4 is 17.2 Å². The van der Waals surface area contributed by atoms with Gasteiger partial charge in [0.1, 0.15) is 12.1 Å². The number of nitrogen functional groups attached to an aromatic ring is 2. The van der Waals surface area contributed by atoms with Crippen LogP contribution in [-0.2, 0) is 0 Å². The molecule has 0 spiro atoms. The van der Waals surface area contributed by atoms with Gasteiger partial charge in [0.15, 0.2) is 34.4 Å². The number of anilines is 2. The lowest BCUT2D eigenvalue weighted by atomic mass is 10.4. The Labute approximate surface area is 237 Å². The first-order valence-electron chi connectivity index (χ1n) is 11.4. The quantitative estimate of drug-likeness (QED) is 0.144. The molecule has 5 heterocycles. The summed E-state index contributed by atoms with van der Waals surface area (Å²) in [4.78, 5) is 42.1. The molecule has 0 unspecified atom stereocenters. The Morgan fingerprint density at radius 3 is 2.00 bits per heavy atom. The summed E-state index contributed by atoms with van der Waals surface area (Å²) in [7, 11) is 0. The van der Waals surface area contributed by atoms with Crippen LogP contribution in [0.2, 0.25) is 0 Å². The van der Waals surface area contributed by atoms with Gasteiger partial charge >= 0.3 is 11.6 Å². The minimum Gasteiger partial charge on any atom is -0.382 e. The molecule has 0 aliphatic rings. The molecule has 0 aromatic carbocycles. The predicted octanol–water partition coefficient (Wildman–Crippen LogP) is 2.44. The van der Waals surface area contributed by atoms with Crippen molar-refractivity contribution >= 4 is 46.5 Å². The summed E-state index contributed by atoms with van der Waals surface area (Å²) in [5.41, 5.74) is 12.1. The molecule has 0 amide bonds. The van der Waals surface area contributed by atoms with Gasteiger partial charge in [-0.1, -0.05) is 23.2 Å². The second-order valence-electron chi connectivity index (χ2n) is 8.10. The second-order valence-corrected chi connectivity index (χ2v) is 8.10. The van der Waals surface area contributed by atoms with Crippen molar-refractivity contribution in [3.05, 3.63) is 56.1 Å². The fourth-order valence-corrected chi connectivity index (χ4v) is 3.50. The zero-order chi connectivity index (χ0) is 30.8. The van der Waals surface area contributed by atoms with Crippen LogP contribution >= 0.6 is 0 Å². The van der Waals surface area contributed by atoms with E-state index in [1.54, 1.807) is 26.0 Å². The van der Waals surface area contributed by atoms with E-state index >= 15 is 0 Å². The van der Waals surface area contributed by atoms with Gasteiger partial charge in [-0.15, -0.1) is 15.3 Å². The first-order chi connectivity index (χ1) is 20.7. The maximum absolute atomic E-state index is 12.5.